The lowest BCUT2D eigenvalue weighted by Crippen LogP contribution is -2.45. The molecule has 2 heterocycles. The van der Waals surface area contributed by atoms with Gasteiger partial charge in [-0.3, -0.25) is 4.79 Å². The molecule has 2 aromatic rings. The minimum absolute atomic E-state index is 0. The standard InChI is InChI=1S/C17H19ClN2OS.ClH/c1-11-8-15(17(21)20-7-3-6-14(19)10-20)22-16(11)12-4-2-5-13(18)9-12;/h2,4-5,8-9,14H,3,6-7,10,19H2,1H3;1H. The highest BCUT2D eigenvalue weighted by Crippen LogP contribution is 2.34. The highest BCUT2D eigenvalue weighted by atomic mass is 35.5. The predicted octanol–water partition coefficient (Wildman–Crippen LogP) is 4.36. The third kappa shape index (κ3) is 4.07. The summed E-state index contributed by atoms with van der Waals surface area (Å²) in [5.41, 5.74) is 8.15. The smallest absolute Gasteiger partial charge is 0.264 e. The van der Waals surface area contributed by atoms with Crippen LogP contribution in [0.3, 0.4) is 0 Å². The molecule has 23 heavy (non-hydrogen) atoms. The van der Waals surface area contributed by atoms with Crippen LogP contribution in [0.4, 0.5) is 0 Å². The van der Waals surface area contributed by atoms with E-state index in [1.54, 1.807) is 0 Å². The monoisotopic (exact) mass is 370 g/mol. The molecule has 0 bridgehead atoms. The summed E-state index contributed by atoms with van der Waals surface area (Å²) in [4.78, 5) is 16.4. The maximum Gasteiger partial charge on any atom is 0.264 e. The van der Waals surface area contributed by atoms with Gasteiger partial charge in [-0.05, 0) is 49.1 Å². The van der Waals surface area contributed by atoms with Gasteiger partial charge >= 0.3 is 0 Å². The van der Waals surface area contributed by atoms with Crippen molar-refractivity contribution in [1.82, 2.24) is 4.90 Å². The molecule has 1 aliphatic heterocycles. The predicted molar refractivity (Wildman–Crippen MR) is 99.9 cm³/mol. The number of carbonyl (C=O) groups excluding carboxylic acids is 1. The van der Waals surface area contributed by atoms with Gasteiger partial charge in [-0.1, -0.05) is 23.7 Å². The van der Waals surface area contributed by atoms with Gasteiger partial charge in [-0.25, -0.2) is 0 Å². The Morgan fingerprint density at radius 2 is 2.17 bits per heavy atom. The first-order chi connectivity index (χ1) is 10.5. The number of hydrogen-bond donors (Lipinski definition) is 1. The van der Waals surface area contributed by atoms with E-state index in [1.165, 1.54) is 11.3 Å². The van der Waals surface area contributed by atoms with Gasteiger partial charge in [0.05, 0.1) is 4.88 Å². The first kappa shape index (κ1) is 18.3. The molecule has 124 valence electrons. The van der Waals surface area contributed by atoms with E-state index in [9.17, 15) is 4.79 Å². The number of amides is 1. The third-order valence-corrected chi connectivity index (χ3v) is 5.47. The van der Waals surface area contributed by atoms with Crippen molar-refractivity contribution in [2.45, 2.75) is 25.8 Å². The Morgan fingerprint density at radius 3 is 2.87 bits per heavy atom. The molecule has 0 saturated carbocycles. The molecule has 1 saturated heterocycles. The minimum atomic E-state index is 0. The van der Waals surface area contributed by atoms with Crippen LogP contribution < -0.4 is 5.73 Å². The average molecular weight is 371 g/mol. The topological polar surface area (TPSA) is 46.3 Å². The van der Waals surface area contributed by atoms with E-state index >= 15 is 0 Å². The van der Waals surface area contributed by atoms with Gasteiger partial charge in [0, 0.05) is 29.0 Å². The summed E-state index contributed by atoms with van der Waals surface area (Å²) in [5, 5.41) is 0.709. The van der Waals surface area contributed by atoms with E-state index in [0.29, 0.717) is 11.6 Å². The van der Waals surface area contributed by atoms with Gasteiger partial charge in [0.1, 0.15) is 0 Å². The highest BCUT2D eigenvalue weighted by molar-refractivity contribution is 7.17. The number of hydrogen-bond acceptors (Lipinski definition) is 3. The number of benzene rings is 1. The van der Waals surface area contributed by atoms with Gasteiger partial charge in [0.25, 0.3) is 5.91 Å². The van der Waals surface area contributed by atoms with E-state index in [-0.39, 0.29) is 24.4 Å². The number of rotatable bonds is 2. The lowest BCUT2D eigenvalue weighted by atomic mass is 10.1. The number of nitrogens with zero attached hydrogens (tertiary/aromatic N) is 1. The molecule has 3 rings (SSSR count). The number of piperidine rings is 1. The number of carbonyl (C=O) groups is 1. The summed E-state index contributed by atoms with van der Waals surface area (Å²) in [6.45, 7) is 3.49. The SMILES string of the molecule is Cc1cc(C(=O)N2CCCC(N)C2)sc1-c1cccc(Cl)c1.Cl. The van der Waals surface area contributed by atoms with Crippen LogP contribution in [0.15, 0.2) is 30.3 Å². The van der Waals surface area contributed by atoms with E-state index < -0.39 is 0 Å². The first-order valence-electron chi connectivity index (χ1n) is 7.46. The molecular weight excluding hydrogens is 351 g/mol. The van der Waals surface area contributed by atoms with Crippen LogP contribution in [0.5, 0.6) is 0 Å². The zero-order valence-electron chi connectivity index (χ0n) is 12.9. The Morgan fingerprint density at radius 1 is 1.39 bits per heavy atom. The van der Waals surface area contributed by atoms with Crippen molar-refractivity contribution >= 4 is 41.3 Å². The maximum atomic E-state index is 12.7. The molecule has 1 unspecified atom stereocenters. The van der Waals surface area contributed by atoms with Crippen LogP contribution in [0.2, 0.25) is 5.02 Å². The summed E-state index contributed by atoms with van der Waals surface area (Å²) >= 11 is 7.60. The molecule has 2 N–H and O–H groups in total. The number of nitrogens with two attached hydrogens (primary N) is 1. The lowest BCUT2D eigenvalue weighted by Gasteiger charge is -2.30. The number of aryl methyl sites for hydroxylation is 1. The fourth-order valence-corrected chi connectivity index (χ4v) is 4.18. The molecule has 0 aliphatic carbocycles. The zero-order valence-corrected chi connectivity index (χ0v) is 15.3. The molecule has 0 spiro atoms. The summed E-state index contributed by atoms with van der Waals surface area (Å²) < 4.78 is 0. The van der Waals surface area contributed by atoms with Gasteiger partial charge < -0.3 is 10.6 Å². The van der Waals surface area contributed by atoms with Crippen molar-refractivity contribution in [3.63, 3.8) is 0 Å². The van der Waals surface area contributed by atoms with Gasteiger partial charge in [0.15, 0.2) is 0 Å². The molecule has 1 aliphatic rings. The molecule has 3 nitrogen and oxygen atoms in total. The van der Waals surface area contributed by atoms with Gasteiger partial charge in [-0.2, -0.15) is 0 Å². The number of thiophene rings is 1. The van der Waals surface area contributed by atoms with Crippen LogP contribution in [-0.4, -0.2) is 29.9 Å². The summed E-state index contributed by atoms with van der Waals surface area (Å²) in [6.07, 6.45) is 1.99. The molecular formula is C17H20Cl2N2OS. The van der Waals surface area contributed by atoms with E-state index in [2.05, 4.69) is 0 Å². The normalized spacial score (nSPS) is 17.7. The number of halogens is 2. The molecule has 1 fully saturated rings. The fraction of sp³-hybridized carbons (Fsp3) is 0.353. The Kier molecular flexibility index (Phi) is 6.09. The summed E-state index contributed by atoms with van der Waals surface area (Å²) in [6, 6.07) is 9.83. The van der Waals surface area contributed by atoms with Crippen LogP contribution in [-0.2, 0) is 0 Å². The zero-order chi connectivity index (χ0) is 15.7. The van der Waals surface area contributed by atoms with E-state index in [0.717, 1.165) is 40.3 Å². The van der Waals surface area contributed by atoms with Crippen LogP contribution in [0.25, 0.3) is 10.4 Å². The van der Waals surface area contributed by atoms with Gasteiger partial charge in [-0.15, -0.1) is 23.7 Å². The summed E-state index contributed by atoms with van der Waals surface area (Å²) in [5.74, 6) is 0.0940. The maximum absolute atomic E-state index is 12.7. The van der Waals surface area contributed by atoms with Crippen molar-refractivity contribution < 1.29 is 4.79 Å². The van der Waals surface area contributed by atoms with Crippen molar-refractivity contribution in [2.24, 2.45) is 5.73 Å². The van der Waals surface area contributed by atoms with Crippen molar-refractivity contribution in [2.75, 3.05) is 13.1 Å². The Bertz CT molecular complexity index is 702. The lowest BCUT2D eigenvalue weighted by molar-refractivity contribution is 0.0713. The second-order valence-corrected chi connectivity index (χ2v) is 7.28. The molecule has 6 heteroatoms. The van der Waals surface area contributed by atoms with Gasteiger partial charge in [0.2, 0.25) is 0 Å². The summed E-state index contributed by atoms with van der Waals surface area (Å²) in [7, 11) is 0. The van der Waals surface area contributed by atoms with Crippen LogP contribution >= 0.6 is 35.3 Å². The van der Waals surface area contributed by atoms with E-state index in [1.807, 2.05) is 42.2 Å². The van der Waals surface area contributed by atoms with Crippen molar-refractivity contribution in [3.8, 4) is 10.4 Å². The fourth-order valence-electron chi connectivity index (χ4n) is 2.85. The third-order valence-electron chi connectivity index (χ3n) is 3.96. The first-order valence-corrected chi connectivity index (χ1v) is 8.65. The Balaban J connectivity index is 0.00000192. The van der Waals surface area contributed by atoms with Crippen LogP contribution in [0, 0.1) is 6.92 Å². The molecule has 1 aromatic heterocycles. The molecule has 1 atom stereocenters. The molecule has 1 amide bonds. The highest BCUT2D eigenvalue weighted by Gasteiger charge is 2.24. The minimum Gasteiger partial charge on any atom is -0.336 e. The second-order valence-electron chi connectivity index (χ2n) is 5.79. The number of likely N-dealkylation sites (tertiary alicyclic amines) is 1. The average Bonchev–Trinajstić information content (AvgIpc) is 2.88. The van der Waals surface area contributed by atoms with E-state index in [4.69, 9.17) is 17.3 Å². The molecule has 1 aromatic carbocycles. The second kappa shape index (κ2) is 7.67. The Hall–Kier alpha value is -1.07. The van der Waals surface area contributed by atoms with Crippen molar-refractivity contribution in [3.05, 3.63) is 45.8 Å². The Labute approximate surface area is 151 Å². The van der Waals surface area contributed by atoms with Crippen molar-refractivity contribution in [1.29, 1.82) is 0 Å². The largest absolute Gasteiger partial charge is 0.336 e. The van der Waals surface area contributed by atoms with Crippen LogP contribution in [0.1, 0.15) is 28.1 Å². The molecule has 0 radical (unpaired) electrons. The quantitative estimate of drug-likeness (QED) is 0.853.